The molecule has 0 nitrogen and oxygen atoms in total. The fourth-order valence-electron chi connectivity index (χ4n) is 2.41. The second-order valence-corrected chi connectivity index (χ2v) is 5.60. The van der Waals surface area contributed by atoms with Gasteiger partial charge in [0.1, 0.15) is 0 Å². The number of aryl methyl sites for hydroxylation is 3. The van der Waals surface area contributed by atoms with E-state index in [1.54, 1.807) is 0 Å². The van der Waals surface area contributed by atoms with Crippen LogP contribution in [0.1, 0.15) is 48.9 Å². The number of hydrogen-bond acceptors (Lipinski definition) is 0. The van der Waals surface area contributed by atoms with Gasteiger partial charge in [0.15, 0.2) is 0 Å². The Morgan fingerprint density at radius 2 is 1.24 bits per heavy atom. The topological polar surface area (TPSA) is 0 Å². The predicted molar refractivity (Wildman–Crippen MR) is 93.6 cm³/mol. The van der Waals surface area contributed by atoms with Crippen molar-refractivity contribution in [2.45, 2.75) is 46.0 Å². The lowest BCUT2D eigenvalue weighted by atomic mass is 10.0. The summed E-state index contributed by atoms with van der Waals surface area (Å²) in [5, 5.41) is 0. The summed E-state index contributed by atoms with van der Waals surface area (Å²) in [5.41, 5.74) is 5.57. The van der Waals surface area contributed by atoms with Gasteiger partial charge in [-0.2, -0.15) is 0 Å². The zero-order valence-electron chi connectivity index (χ0n) is 13.3. The van der Waals surface area contributed by atoms with E-state index in [1.165, 1.54) is 28.7 Å². The van der Waals surface area contributed by atoms with E-state index in [9.17, 15) is 0 Å². The third-order valence-electron chi connectivity index (χ3n) is 3.88. The van der Waals surface area contributed by atoms with Gasteiger partial charge in [0.25, 0.3) is 0 Å². The molecule has 0 aromatic heterocycles. The second kappa shape index (κ2) is 8.46. The van der Waals surface area contributed by atoms with Gasteiger partial charge < -0.3 is 0 Å². The number of allylic oxidation sites excluding steroid dienone is 1. The van der Waals surface area contributed by atoms with Crippen molar-refractivity contribution in [3.8, 4) is 0 Å². The smallest absolute Gasteiger partial charge is 0.0238 e. The maximum absolute atomic E-state index is 2.26. The van der Waals surface area contributed by atoms with Gasteiger partial charge in [0, 0.05) is 0 Å². The van der Waals surface area contributed by atoms with Crippen molar-refractivity contribution in [2.24, 2.45) is 0 Å². The molecule has 21 heavy (non-hydrogen) atoms. The molecule has 0 heterocycles. The fourth-order valence-corrected chi connectivity index (χ4v) is 2.41. The molecule has 0 fully saturated rings. The zero-order valence-corrected chi connectivity index (χ0v) is 13.3. The molecule has 0 unspecified atom stereocenters. The molecule has 0 spiro atoms. The molecule has 0 saturated heterocycles. The first kappa shape index (κ1) is 15.6. The summed E-state index contributed by atoms with van der Waals surface area (Å²) >= 11 is 0. The van der Waals surface area contributed by atoms with Gasteiger partial charge >= 0.3 is 0 Å². The predicted octanol–water partition coefficient (Wildman–Crippen LogP) is 5.85. The van der Waals surface area contributed by atoms with E-state index in [0.29, 0.717) is 0 Å². The maximum atomic E-state index is 2.26. The van der Waals surface area contributed by atoms with Gasteiger partial charge in [-0.3, -0.25) is 0 Å². The molecule has 110 valence electrons. The minimum absolute atomic E-state index is 1.12. The van der Waals surface area contributed by atoms with Gasteiger partial charge in [0.2, 0.25) is 0 Å². The Bertz CT molecular complexity index is 544. The highest BCUT2D eigenvalue weighted by molar-refractivity contribution is 5.49. The van der Waals surface area contributed by atoms with Crippen LogP contribution in [0.15, 0.2) is 54.6 Å². The van der Waals surface area contributed by atoms with E-state index < -0.39 is 0 Å². The van der Waals surface area contributed by atoms with E-state index in [4.69, 9.17) is 0 Å². The molecule has 0 N–H and O–H groups in total. The van der Waals surface area contributed by atoms with Crippen LogP contribution in [0.25, 0.3) is 6.08 Å². The first-order valence-corrected chi connectivity index (χ1v) is 8.15. The Balaban J connectivity index is 1.87. The molecule has 0 bridgehead atoms. The molecule has 0 atom stereocenters. The summed E-state index contributed by atoms with van der Waals surface area (Å²) in [4.78, 5) is 0. The van der Waals surface area contributed by atoms with Crippen molar-refractivity contribution in [3.05, 3.63) is 76.9 Å². The van der Waals surface area contributed by atoms with E-state index in [-0.39, 0.29) is 0 Å². The molecule has 0 heteroatoms. The van der Waals surface area contributed by atoms with Gasteiger partial charge in [-0.05, 0) is 47.9 Å². The number of benzene rings is 2. The number of hydrogen-bond donors (Lipinski definition) is 0. The minimum Gasteiger partial charge on any atom is -0.0840 e. The second-order valence-electron chi connectivity index (χ2n) is 5.60. The average Bonchev–Trinajstić information content (AvgIpc) is 2.55. The molecule has 0 radical (unpaired) electrons. The molecule has 0 saturated carbocycles. The number of rotatable bonds is 7. The highest BCUT2D eigenvalue weighted by Crippen LogP contribution is 2.12. The highest BCUT2D eigenvalue weighted by Gasteiger charge is 1.97. The first-order valence-electron chi connectivity index (χ1n) is 8.15. The Morgan fingerprint density at radius 1 is 0.714 bits per heavy atom. The van der Waals surface area contributed by atoms with Crippen molar-refractivity contribution in [2.75, 3.05) is 0 Å². The molecule has 2 rings (SSSR count). The van der Waals surface area contributed by atoms with E-state index in [2.05, 4.69) is 74.5 Å². The van der Waals surface area contributed by atoms with Gasteiger partial charge in [-0.15, -0.1) is 0 Å². The minimum atomic E-state index is 1.12. The summed E-state index contributed by atoms with van der Waals surface area (Å²) < 4.78 is 0. The first-order chi connectivity index (χ1) is 10.3. The molecule has 2 aromatic rings. The van der Waals surface area contributed by atoms with Crippen LogP contribution in [0, 0.1) is 0 Å². The summed E-state index contributed by atoms with van der Waals surface area (Å²) in [6, 6.07) is 18.0. The van der Waals surface area contributed by atoms with Crippen molar-refractivity contribution in [1.82, 2.24) is 0 Å². The van der Waals surface area contributed by atoms with E-state index >= 15 is 0 Å². The van der Waals surface area contributed by atoms with Crippen molar-refractivity contribution < 1.29 is 0 Å². The Hall–Kier alpha value is -1.82. The molecule has 0 aliphatic carbocycles. The molecule has 0 aliphatic rings. The van der Waals surface area contributed by atoms with Crippen LogP contribution < -0.4 is 0 Å². The third-order valence-corrected chi connectivity index (χ3v) is 3.88. The SMILES string of the molecule is CCC/C=C/c1ccc(CCc2ccc(CC)cc2)cc1. The number of unbranched alkanes of at least 4 members (excludes halogenated alkanes) is 1. The normalized spacial score (nSPS) is 11.1. The Kier molecular flexibility index (Phi) is 6.27. The highest BCUT2D eigenvalue weighted by atomic mass is 14.0. The quantitative estimate of drug-likeness (QED) is 0.596. The van der Waals surface area contributed by atoms with Gasteiger partial charge in [0.05, 0.1) is 0 Å². The average molecular weight is 278 g/mol. The van der Waals surface area contributed by atoms with Gasteiger partial charge in [-0.25, -0.2) is 0 Å². The van der Waals surface area contributed by atoms with Crippen molar-refractivity contribution in [3.63, 3.8) is 0 Å². The fraction of sp³-hybridized carbons (Fsp3) is 0.333. The zero-order chi connectivity index (χ0) is 14.9. The lowest BCUT2D eigenvalue weighted by Gasteiger charge is -2.04. The van der Waals surface area contributed by atoms with Crippen LogP contribution in [0.2, 0.25) is 0 Å². The monoisotopic (exact) mass is 278 g/mol. The van der Waals surface area contributed by atoms with Crippen LogP contribution in [0.4, 0.5) is 0 Å². The molecular weight excluding hydrogens is 252 g/mol. The van der Waals surface area contributed by atoms with Crippen LogP contribution in [0.5, 0.6) is 0 Å². The standard InChI is InChI=1S/C21H26/c1-3-5-6-7-19-12-14-21(15-13-19)17-16-20-10-8-18(4-2)9-11-20/h6-15H,3-5,16-17H2,1-2H3/b7-6+. The van der Waals surface area contributed by atoms with Crippen LogP contribution in [-0.4, -0.2) is 0 Å². The van der Waals surface area contributed by atoms with Crippen molar-refractivity contribution >= 4 is 6.08 Å². The largest absolute Gasteiger partial charge is 0.0840 e. The van der Waals surface area contributed by atoms with Gasteiger partial charge in [-0.1, -0.05) is 81.0 Å². The molecule has 0 aliphatic heterocycles. The summed E-state index contributed by atoms with van der Waals surface area (Å²) in [6.07, 6.45) is 10.2. The third kappa shape index (κ3) is 5.23. The molecule has 2 aromatic carbocycles. The lowest BCUT2D eigenvalue weighted by molar-refractivity contribution is 0.956. The van der Waals surface area contributed by atoms with Crippen LogP contribution in [-0.2, 0) is 19.3 Å². The summed E-state index contributed by atoms with van der Waals surface area (Å²) in [5.74, 6) is 0. The van der Waals surface area contributed by atoms with E-state index in [0.717, 1.165) is 25.7 Å². The lowest BCUT2D eigenvalue weighted by Crippen LogP contribution is -1.92. The molecular formula is C21H26. The van der Waals surface area contributed by atoms with Crippen LogP contribution in [0.3, 0.4) is 0 Å². The Labute approximate surface area is 129 Å². The summed E-state index contributed by atoms with van der Waals surface area (Å²) in [6.45, 7) is 4.41. The maximum Gasteiger partial charge on any atom is -0.0238 e. The molecule has 0 amide bonds. The van der Waals surface area contributed by atoms with Crippen LogP contribution >= 0.6 is 0 Å². The van der Waals surface area contributed by atoms with Crippen molar-refractivity contribution in [1.29, 1.82) is 0 Å². The summed E-state index contributed by atoms with van der Waals surface area (Å²) in [7, 11) is 0. The van der Waals surface area contributed by atoms with E-state index in [1.807, 2.05) is 0 Å². The Morgan fingerprint density at radius 3 is 1.76 bits per heavy atom.